The van der Waals surface area contributed by atoms with E-state index in [2.05, 4.69) is 46.2 Å². The largest absolute Gasteiger partial charge is 0.325 e. The van der Waals surface area contributed by atoms with Crippen molar-refractivity contribution in [2.75, 3.05) is 11.1 Å². The van der Waals surface area contributed by atoms with Crippen LogP contribution in [0.5, 0.6) is 0 Å². The van der Waals surface area contributed by atoms with Crippen molar-refractivity contribution in [2.24, 2.45) is 0 Å². The highest BCUT2D eigenvalue weighted by Crippen LogP contribution is 2.31. The molecule has 142 valence electrons. The van der Waals surface area contributed by atoms with Crippen LogP contribution in [0.25, 0.3) is 11.4 Å². The second-order valence-electron chi connectivity index (χ2n) is 6.13. The van der Waals surface area contributed by atoms with E-state index in [0.717, 1.165) is 35.2 Å². The van der Waals surface area contributed by atoms with Crippen molar-refractivity contribution in [2.45, 2.75) is 38.9 Å². The number of halogens is 1. The first-order valence-corrected chi connectivity index (χ1v) is 10.9. The lowest BCUT2D eigenvalue weighted by Crippen LogP contribution is -2.14. The zero-order valence-corrected chi connectivity index (χ0v) is 17.8. The fraction of sp³-hybridized carbons (Fsp3) is 0.316. The van der Waals surface area contributed by atoms with Crippen molar-refractivity contribution in [3.8, 4) is 11.4 Å². The molecule has 0 bridgehead atoms. The van der Waals surface area contributed by atoms with Crippen molar-refractivity contribution >= 4 is 46.3 Å². The van der Waals surface area contributed by atoms with Crippen LogP contribution in [0.2, 0.25) is 5.02 Å². The van der Waals surface area contributed by atoms with Gasteiger partial charge in [0.05, 0.1) is 5.75 Å². The van der Waals surface area contributed by atoms with Gasteiger partial charge in [-0.25, -0.2) is 0 Å². The predicted molar refractivity (Wildman–Crippen MR) is 114 cm³/mol. The van der Waals surface area contributed by atoms with Gasteiger partial charge < -0.3 is 9.88 Å². The molecule has 0 fully saturated rings. The van der Waals surface area contributed by atoms with Crippen molar-refractivity contribution in [3.05, 3.63) is 45.1 Å². The van der Waals surface area contributed by atoms with Crippen LogP contribution >= 0.6 is 34.7 Å². The van der Waals surface area contributed by atoms with Gasteiger partial charge in [0, 0.05) is 33.1 Å². The molecule has 5 nitrogen and oxygen atoms in total. The molecule has 0 atom stereocenters. The number of carbonyl (C=O) groups is 1. The highest BCUT2D eigenvalue weighted by Gasteiger charge is 2.18. The number of thiophene rings is 1. The Morgan fingerprint density at radius 2 is 2.00 bits per heavy atom. The molecule has 0 saturated heterocycles. The van der Waals surface area contributed by atoms with Crippen LogP contribution in [0.3, 0.4) is 0 Å². The van der Waals surface area contributed by atoms with E-state index >= 15 is 0 Å². The average molecular weight is 421 g/mol. The molecule has 0 aliphatic heterocycles. The van der Waals surface area contributed by atoms with Gasteiger partial charge in [0.2, 0.25) is 5.91 Å². The van der Waals surface area contributed by atoms with Crippen LogP contribution in [0.4, 0.5) is 5.69 Å². The standard InChI is InChI=1S/C19H21ClN4OS2/c1-4-9-24-18(16-10-26-13(3)12(16)2)22-23-19(24)27-11-17(25)21-15-7-5-14(20)6-8-15/h5-8,10H,4,9,11H2,1-3H3,(H,21,25). The maximum absolute atomic E-state index is 12.3. The van der Waals surface area contributed by atoms with Gasteiger partial charge in [0.25, 0.3) is 0 Å². The van der Waals surface area contributed by atoms with Crippen LogP contribution in [-0.2, 0) is 11.3 Å². The Hall–Kier alpha value is -1.83. The first-order valence-electron chi connectivity index (χ1n) is 8.66. The molecule has 2 heterocycles. The van der Waals surface area contributed by atoms with E-state index < -0.39 is 0 Å². The Kier molecular flexibility index (Phi) is 6.57. The number of anilines is 1. The molecule has 3 rings (SSSR count). The number of amides is 1. The van der Waals surface area contributed by atoms with E-state index in [1.54, 1.807) is 35.6 Å². The summed E-state index contributed by atoms with van der Waals surface area (Å²) < 4.78 is 2.11. The summed E-state index contributed by atoms with van der Waals surface area (Å²) in [6.45, 7) is 7.16. The van der Waals surface area contributed by atoms with Crippen LogP contribution in [0, 0.1) is 13.8 Å². The lowest BCUT2D eigenvalue weighted by molar-refractivity contribution is -0.113. The zero-order chi connectivity index (χ0) is 19.4. The number of aryl methyl sites for hydroxylation is 1. The summed E-state index contributed by atoms with van der Waals surface area (Å²) in [6, 6.07) is 7.06. The first-order chi connectivity index (χ1) is 13.0. The summed E-state index contributed by atoms with van der Waals surface area (Å²) in [5.41, 5.74) is 3.09. The summed E-state index contributed by atoms with van der Waals surface area (Å²) >= 11 is 8.99. The van der Waals surface area contributed by atoms with E-state index in [1.165, 1.54) is 22.2 Å². The van der Waals surface area contributed by atoms with Gasteiger partial charge in [0.15, 0.2) is 11.0 Å². The molecule has 0 aliphatic rings. The van der Waals surface area contributed by atoms with E-state index in [9.17, 15) is 4.79 Å². The molecular weight excluding hydrogens is 400 g/mol. The lowest BCUT2D eigenvalue weighted by Gasteiger charge is -2.09. The number of nitrogens with one attached hydrogen (secondary N) is 1. The molecular formula is C19H21ClN4OS2. The van der Waals surface area contributed by atoms with E-state index in [0.29, 0.717) is 5.02 Å². The Bertz CT molecular complexity index is 934. The Labute approximate surface area is 172 Å². The van der Waals surface area contributed by atoms with Gasteiger partial charge in [-0.05, 0) is 50.1 Å². The molecule has 0 spiro atoms. The zero-order valence-electron chi connectivity index (χ0n) is 15.5. The molecule has 1 aromatic carbocycles. The van der Waals surface area contributed by atoms with Crippen molar-refractivity contribution in [1.29, 1.82) is 0 Å². The quantitative estimate of drug-likeness (QED) is 0.518. The topological polar surface area (TPSA) is 59.8 Å². The molecule has 0 aliphatic carbocycles. The monoisotopic (exact) mass is 420 g/mol. The first kappa shape index (κ1) is 19.9. The van der Waals surface area contributed by atoms with Crippen LogP contribution in [0.15, 0.2) is 34.8 Å². The third-order valence-corrected chi connectivity index (χ3v) is 6.38. The van der Waals surface area contributed by atoms with Gasteiger partial charge in [-0.15, -0.1) is 21.5 Å². The summed E-state index contributed by atoms with van der Waals surface area (Å²) in [5.74, 6) is 1.06. The molecule has 2 aromatic heterocycles. The molecule has 27 heavy (non-hydrogen) atoms. The Morgan fingerprint density at radius 3 is 2.63 bits per heavy atom. The normalized spacial score (nSPS) is 11.0. The molecule has 0 saturated carbocycles. The lowest BCUT2D eigenvalue weighted by atomic mass is 10.1. The van der Waals surface area contributed by atoms with Gasteiger partial charge in [-0.2, -0.15) is 0 Å². The second-order valence-corrected chi connectivity index (χ2v) is 8.59. The minimum Gasteiger partial charge on any atom is -0.325 e. The predicted octanol–water partition coefficient (Wildman–Crippen LogP) is 5.42. The maximum atomic E-state index is 12.3. The summed E-state index contributed by atoms with van der Waals surface area (Å²) in [7, 11) is 0. The molecule has 3 aromatic rings. The smallest absolute Gasteiger partial charge is 0.234 e. The number of benzene rings is 1. The van der Waals surface area contributed by atoms with E-state index in [4.69, 9.17) is 11.6 Å². The third kappa shape index (κ3) is 4.72. The molecule has 8 heteroatoms. The number of thioether (sulfide) groups is 1. The summed E-state index contributed by atoms with van der Waals surface area (Å²) in [5, 5.41) is 15.1. The summed E-state index contributed by atoms with van der Waals surface area (Å²) in [6.07, 6.45) is 0.970. The molecule has 0 unspecified atom stereocenters. The number of aromatic nitrogens is 3. The average Bonchev–Trinajstić information content (AvgIpc) is 3.19. The molecule has 1 N–H and O–H groups in total. The van der Waals surface area contributed by atoms with Crippen LogP contribution in [-0.4, -0.2) is 26.4 Å². The third-order valence-electron chi connectivity index (χ3n) is 4.15. The van der Waals surface area contributed by atoms with Crippen molar-refractivity contribution in [3.63, 3.8) is 0 Å². The van der Waals surface area contributed by atoms with Crippen LogP contribution < -0.4 is 5.32 Å². The van der Waals surface area contributed by atoms with Gasteiger partial charge >= 0.3 is 0 Å². The highest BCUT2D eigenvalue weighted by atomic mass is 35.5. The number of hydrogen-bond donors (Lipinski definition) is 1. The Morgan fingerprint density at radius 1 is 1.26 bits per heavy atom. The van der Waals surface area contributed by atoms with Crippen molar-refractivity contribution < 1.29 is 4.79 Å². The molecule has 0 radical (unpaired) electrons. The minimum absolute atomic E-state index is 0.0857. The number of nitrogens with zero attached hydrogens (tertiary/aromatic N) is 3. The summed E-state index contributed by atoms with van der Waals surface area (Å²) in [4.78, 5) is 13.5. The van der Waals surface area contributed by atoms with Gasteiger partial charge in [0.1, 0.15) is 0 Å². The van der Waals surface area contributed by atoms with Crippen molar-refractivity contribution in [1.82, 2.24) is 14.8 Å². The van der Waals surface area contributed by atoms with E-state index in [-0.39, 0.29) is 11.7 Å². The Balaban J connectivity index is 1.72. The fourth-order valence-electron chi connectivity index (χ4n) is 2.61. The SMILES string of the molecule is CCCn1c(SCC(=O)Nc2ccc(Cl)cc2)nnc1-c1csc(C)c1C. The van der Waals surface area contributed by atoms with Gasteiger partial charge in [-0.1, -0.05) is 30.3 Å². The second kappa shape index (κ2) is 8.91. The van der Waals surface area contributed by atoms with E-state index in [1.807, 2.05) is 0 Å². The number of hydrogen-bond acceptors (Lipinski definition) is 5. The maximum Gasteiger partial charge on any atom is 0.234 e. The number of rotatable bonds is 7. The number of carbonyl (C=O) groups excluding carboxylic acids is 1. The highest BCUT2D eigenvalue weighted by molar-refractivity contribution is 7.99. The fourth-order valence-corrected chi connectivity index (χ4v) is 4.37. The molecule has 1 amide bonds. The van der Waals surface area contributed by atoms with Gasteiger partial charge in [-0.3, -0.25) is 4.79 Å². The van der Waals surface area contributed by atoms with Crippen LogP contribution in [0.1, 0.15) is 23.8 Å². The minimum atomic E-state index is -0.0857.